The third-order valence-corrected chi connectivity index (χ3v) is 3.39. The molecule has 0 spiro atoms. The van der Waals surface area contributed by atoms with Crippen molar-refractivity contribution in [2.75, 3.05) is 20.6 Å². The van der Waals surface area contributed by atoms with Crippen LogP contribution in [0.25, 0.3) is 0 Å². The van der Waals surface area contributed by atoms with Gasteiger partial charge in [0.1, 0.15) is 5.75 Å². The predicted octanol–water partition coefficient (Wildman–Crippen LogP) is 3.15. The molecule has 0 amide bonds. The molecule has 0 aliphatic carbocycles. The van der Waals surface area contributed by atoms with E-state index in [2.05, 4.69) is 54.1 Å². The number of halogens is 1. The van der Waals surface area contributed by atoms with Crippen molar-refractivity contribution >= 4 is 15.9 Å². The molecule has 0 saturated heterocycles. The first-order chi connectivity index (χ1) is 8.43. The number of aromatic hydroxyl groups is 1. The van der Waals surface area contributed by atoms with Crippen LogP contribution in [0, 0.1) is 0 Å². The van der Waals surface area contributed by atoms with Gasteiger partial charge >= 0.3 is 0 Å². The van der Waals surface area contributed by atoms with Gasteiger partial charge in [-0.05, 0) is 45.6 Å². The van der Waals surface area contributed by atoms with E-state index in [0.29, 0.717) is 11.8 Å². The molecule has 2 N–H and O–H groups in total. The van der Waals surface area contributed by atoms with Gasteiger partial charge in [-0.15, -0.1) is 0 Å². The van der Waals surface area contributed by atoms with Crippen molar-refractivity contribution in [3.63, 3.8) is 0 Å². The Hall–Kier alpha value is -0.580. The van der Waals surface area contributed by atoms with Crippen LogP contribution in [0.4, 0.5) is 0 Å². The van der Waals surface area contributed by atoms with Crippen LogP contribution in [0.15, 0.2) is 22.7 Å². The van der Waals surface area contributed by atoms with Crippen LogP contribution in [0.3, 0.4) is 0 Å². The Bertz CT molecular complexity index is 382. The lowest BCUT2D eigenvalue weighted by molar-refractivity contribution is 0.323. The molecule has 3 nitrogen and oxygen atoms in total. The van der Waals surface area contributed by atoms with E-state index >= 15 is 0 Å². The fourth-order valence-electron chi connectivity index (χ4n) is 2.18. The minimum absolute atomic E-state index is 0.178. The summed E-state index contributed by atoms with van der Waals surface area (Å²) in [4.78, 5) is 2.16. The minimum atomic E-state index is 0.178. The lowest BCUT2D eigenvalue weighted by atomic mass is 10.0. The van der Waals surface area contributed by atoms with Crippen molar-refractivity contribution in [3.05, 3.63) is 28.2 Å². The maximum atomic E-state index is 9.96. The topological polar surface area (TPSA) is 35.5 Å². The lowest BCUT2D eigenvalue weighted by Gasteiger charge is -2.25. The summed E-state index contributed by atoms with van der Waals surface area (Å²) in [5, 5.41) is 13.5. The molecule has 18 heavy (non-hydrogen) atoms. The van der Waals surface area contributed by atoms with Crippen LogP contribution in [0.5, 0.6) is 5.75 Å². The summed E-state index contributed by atoms with van der Waals surface area (Å²) in [6.45, 7) is 5.27. The number of nitrogens with one attached hydrogen (secondary N) is 1. The quantitative estimate of drug-likeness (QED) is 0.846. The summed E-state index contributed by atoms with van der Waals surface area (Å²) in [7, 11) is 4.13. The molecule has 1 aromatic rings. The summed E-state index contributed by atoms with van der Waals surface area (Å²) in [5.41, 5.74) is 0.956. The SMILES string of the molecule is CCC(NC(C)CN(C)C)c1cc(Br)ccc1O. The van der Waals surface area contributed by atoms with E-state index in [9.17, 15) is 5.11 Å². The molecular formula is C14H23BrN2O. The Morgan fingerprint density at radius 1 is 1.39 bits per heavy atom. The molecule has 0 fully saturated rings. The molecule has 0 heterocycles. The van der Waals surface area contributed by atoms with Crippen molar-refractivity contribution in [2.24, 2.45) is 0 Å². The van der Waals surface area contributed by atoms with Crippen molar-refractivity contribution in [2.45, 2.75) is 32.4 Å². The van der Waals surface area contributed by atoms with Gasteiger partial charge in [-0.3, -0.25) is 0 Å². The van der Waals surface area contributed by atoms with Crippen molar-refractivity contribution < 1.29 is 5.11 Å². The highest BCUT2D eigenvalue weighted by Crippen LogP contribution is 2.29. The molecule has 1 aromatic carbocycles. The summed E-state index contributed by atoms with van der Waals surface area (Å²) < 4.78 is 0.996. The summed E-state index contributed by atoms with van der Waals surface area (Å²) >= 11 is 3.45. The van der Waals surface area contributed by atoms with Gasteiger partial charge in [-0.25, -0.2) is 0 Å². The zero-order chi connectivity index (χ0) is 13.7. The number of hydrogen-bond acceptors (Lipinski definition) is 3. The second kappa shape index (κ2) is 7.12. The van der Waals surface area contributed by atoms with E-state index < -0.39 is 0 Å². The van der Waals surface area contributed by atoms with Crippen LogP contribution < -0.4 is 5.32 Å². The third-order valence-electron chi connectivity index (χ3n) is 2.90. The normalized spacial score (nSPS) is 14.8. The standard InChI is InChI=1S/C14H23BrN2O/c1-5-13(16-10(2)9-17(3)4)12-8-11(15)6-7-14(12)18/h6-8,10,13,16,18H,5,9H2,1-4H3. The summed E-state index contributed by atoms with van der Waals surface area (Å²) in [6.07, 6.45) is 0.946. The molecule has 2 unspecified atom stereocenters. The monoisotopic (exact) mass is 314 g/mol. The van der Waals surface area contributed by atoms with E-state index in [-0.39, 0.29) is 6.04 Å². The Kier molecular flexibility index (Phi) is 6.12. The Labute approximate surface area is 118 Å². The van der Waals surface area contributed by atoms with Gasteiger partial charge in [-0.1, -0.05) is 22.9 Å². The van der Waals surface area contributed by atoms with Gasteiger partial charge in [-0.2, -0.15) is 0 Å². The van der Waals surface area contributed by atoms with E-state index in [0.717, 1.165) is 23.0 Å². The summed E-state index contributed by atoms with van der Waals surface area (Å²) in [6, 6.07) is 6.13. The third kappa shape index (κ3) is 4.59. The van der Waals surface area contributed by atoms with Crippen LogP contribution in [-0.4, -0.2) is 36.7 Å². The zero-order valence-electron chi connectivity index (χ0n) is 11.6. The maximum Gasteiger partial charge on any atom is 0.120 e. The van der Waals surface area contributed by atoms with Gasteiger partial charge in [0.05, 0.1) is 0 Å². The van der Waals surface area contributed by atoms with Crippen molar-refractivity contribution in [1.29, 1.82) is 0 Å². The Balaban J connectivity index is 2.79. The lowest BCUT2D eigenvalue weighted by Crippen LogP contribution is -2.38. The van der Waals surface area contributed by atoms with Crippen LogP contribution >= 0.6 is 15.9 Å². The fraction of sp³-hybridized carbons (Fsp3) is 0.571. The smallest absolute Gasteiger partial charge is 0.120 e. The second-order valence-corrected chi connectivity index (χ2v) is 5.91. The molecule has 4 heteroatoms. The number of phenols is 1. The molecular weight excluding hydrogens is 292 g/mol. The zero-order valence-corrected chi connectivity index (χ0v) is 13.2. The fourth-order valence-corrected chi connectivity index (χ4v) is 2.55. The molecule has 0 aromatic heterocycles. The highest BCUT2D eigenvalue weighted by molar-refractivity contribution is 9.10. The average molecular weight is 315 g/mol. The average Bonchev–Trinajstić information content (AvgIpc) is 2.28. The first-order valence-corrected chi connectivity index (χ1v) is 7.12. The first-order valence-electron chi connectivity index (χ1n) is 6.33. The number of rotatable bonds is 6. The van der Waals surface area contributed by atoms with Crippen molar-refractivity contribution in [1.82, 2.24) is 10.2 Å². The van der Waals surface area contributed by atoms with Gasteiger partial charge < -0.3 is 15.3 Å². The molecule has 0 bridgehead atoms. The van der Waals surface area contributed by atoms with Gasteiger partial charge in [0, 0.05) is 28.7 Å². The van der Waals surface area contributed by atoms with Crippen LogP contribution in [-0.2, 0) is 0 Å². The number of nitrogens with zero attached hydrogens (tertiary/aromatic N) is 1. The summed E-state index contributed by atoms with van der Waals surface area (Å²) in [5.74, 6) is 0.356. The maximum absolute atomic E-state index is 9.96. The molecule has 0 aliphatic rings. The largest absolute Gasteiger partial charge is 0.508 e. The second-order valence-electron chi connectivity index (χ2n) is 4.99. The predicted molar refractivity (Wildman–Crippen MR) is 80.0 cm³/mol. The molecule has 0 aliphatic heterocycles. The number of likely N-dealkylation sites (N-methyl/N-ethyl adjacent to an activating group) is 1. The van der Waals surface area contributed by atoms with Gasteiger partial charge in [0.25, 0.3) is 0 Å². The van der Waals surface area contributed by atoms with Crippen molar-refractivity contribution in [3.8, 4) is 5.75 Å². The van der Waals surface area contributed by atoms with E-state index in [1.807, 2.05) is 12.1 Å². The van der Waals surface area contributed by atoms with E-state index in [1.165, 1.54) is 0 Å². The Morgan fingerprint density at radius 3 is 2.61 bits per heavy atom. The Morgan fingerprint density at radius 2 is 2.06 bits per heavy atom. The molecule has 0 radical (unpaired) electrons. The van der Waals surface area contributed by atoms with E-state index in [4.69, 9.17) is 0 Å². The number of benzene rings is 1. The molecule has 102 valence electrons. The molecule has 1 rings (SSSR count). The number of phenolic OH excluding ortho intramolecular Hbond substituents is 1. The van der Waals surface area contributed by atoms with Crippen LogP contribution in [0.1, 0.15) is 31.9 Å². The first kappa shape index (κ1) is 15.5. The minimum Gasteiger partial charge on any atom is -0.508 e. The highest BCUT2D eigenvalue weighted by atomic mass is 79.9. The highest BCUT2D eigenvalue weighted by Gasteiger charge is 2.16. The van der Waals surface area contributed by atoms with Crippen LogP contribution in [0.2, 0.25) is 0 Å². The van der Waals surface area contributed by atoms with Gasteiger partial charge in [0.15, 0.2) is 0 Å². The van der Waals surface area contributed by atoms with E-state index in [1.54, 1.807) is 6.07 Å². The number of hydrogen-bond donors (Lipinski definition) is 2. The molecule has 0 saturated carbocycles. The van der Waals surface area contributed by atoms with Gasteiger partial charge in [0.2, 0.25) is 0 Å². The molecule has 2 atom stereocenters.